The van der Waals surface area contributed by atoms with Gasteiger partial charge in [0.05, 0.1) is 0 Å². The zero-order valence-electron chi connectivity index (χ0n) is 7.41. The van der Waals surface area contributed by atoms with Gasteiger partial charge in [0, 0.05) is 30.1 Å². The van der Waals surface area contributed by atoms with Crippen LogP contribution in [0, 0.1) is 0 Å². The largest absolute Gasteiger partial charge is 0.325 e. The van der Waals surface area contributed by atoms with E-state index in [-0.39, 0.29) is 0 Å². The maximum atomic E-state index is 5.70. The fraction of sp³-hybridized carbons (Fsp3) is 0.400. The second kappa shape index (κ2) is 3.78. The molecular formula is C10H13BrN2. The average Bonchev–Trinajstić information content (AvgIpc) is 2.01. The minimum Gasteiger partial charge on any atom is -0.325 e. The van der Waals surface area contributed by atoms with Gasteiger partial charge in [0.15, 0.2) is 0 Å². The molecule has 0 saturated carbocycles. The fourth-order valence-corrected chi connectivity index (χ4v) is 2.08. The number of rotatable bonds is 2. The summed E-state index contributed by atoms with van der Waals surface area (Å²) in [6.45, 7) is 3.09. The van der Waals surface area contributed by atoms with E-state index in [1.54, 1.807) is 0 Å². The highest BCUT2D eigenvalue weighted by atomic mass is 79.9. The Morgan fingerprint density at radius 1 is 1.46 bits per heavy atom. The quantitative estimate of drug-likeness (QED) is 0.851. The van der Waals surface area contributed by atoms with Crippen molar-refractivity contribution in [2.75, 3.05) is 13.1 Å². The summed E-state index contributed by atoms with van der Waals surface area (Å²) in [6.07, 6.45) is 0. The molecule has 0 amide bonds. The van der Waals surface area contributed by atoms with Crippen molar-refractivity contribution in [1.82, 2.24) is 4.90 Å². The van der Waals surface area contributed by atoms with Gasteiger partial charge in [0.25, 0.3) is 0 Å². The van der Waals surface area contributed by atoms with Crippen LogP contribution in [0.2, 0.25) is 0 Å². The Hall–Kier alpha value is -0.380. The molecule has 0 radical (unpaired) electrons. The predicted octanol–water partition coefficient (Wildman–Crippen LogP) is 1.59. The highest BCUT2D eigenvalue weighted by Crippen LogP contribution is 2.15. The van der Waals surface area contributed by atoms with Gasteiger partial charge in [-0.1, -0.05) is 28.1 Å². The van der Waals surface area contributed by atoms with Gasteiger partial charge in [0.2, 0.25) is 0 Å². The van der Waals surface area contributed by atoms with Crippen LogP contribution in [0.15, 0.2) is 28.7 Å². The van der Waals surface area contributed by atoms with E-state index >= 15 is 0 Å². The van der Waals surface area contributed by atoms with Crippen molar-refractivity contribution in [3.63, 3.8) is 0 Å². The van der Waals surface area contributed by atoms with Crippen LogP contribution >= 0.6 is 15.9 Å². The second-order valence-electron chi connectivity index (χ2n) is 3.58. The molecule has 1 aliphatic rings. The van der Waals surface area contributed by atoms with Crippen LogP contribution < -0.4 is 5.73 Å². The summed E-state index contributed by atoms with van der Waals surface area (Å²) in [5.74, 6) is 0. The molecule has 1 fully saturated rings. The van der Waals surface area contributed by atoms with E-state index in [1.807, 2.05) is 6.07 Å². The molecule has 3 heteroatoms. The van der Waals surface area contributed by atoms with Crippen molar-refractivity contribution in [3.8, 4) is 0 Å². The maximum Gasteiger partial charge on any atom is 0.0297 e. The minimum absolute atomic E-state index is 0.396. The van der Waals surface area contributed by atoms with Crippen molar-refractivity contribution in [2.45, 2.75) is 12.6 Å². The summed E-state index contributed by atoms with van der Waals surface area (Å²) in [5, 5.41) is 0. The number of nitrogens with zero attached hydrogens (tertiary/aromatic N) is 1. The zero-order chi connectivity index (χ0) is 9.26. The summed E-state index contributed by atoms with van der Waals surface area (Å²) >= 11 is 3.46. The molecule has 1 aromatic carbocycles. The summed E-state index contributed by atoms with van der Waals surface area (Å²) in [6, 6.07) is 8.82. The van der Waals surface area contributed by atoms with Gasteiger partial charge >= 0.3 is 0 Å². The van der Waals surface area contributed by atoms with Crippen LogP contribution in [0.1, 0.15) is 5.56 Å². The number of halogens is 1. The first kappa shape index (κ1) is 9.19. The van der Waals surface area contributed by atoms with Crippen LogP contribution in [0.3, 0.4) is 0 Å². The fourth-order valence-electron chi connectivity index (χ4n) is 1.63. The van der Waals surface area contributed by atoms with E-state index in [1.165, 1.54) is 5.56 Å². The molecule has 1 aliphatic heterocycles. The van der Waals surface area contributed by atoms with Gasteiger partial charge in [-0.2, -0.15) is 0 Å². The summed E-state index contributed by atoms with van der Waals surface area (Å²) < 4.78 is 1.15. The molecule has 1 heterocycles. The lowest BCUT2D eigenvalue weighted by molar-refractivity contribution is 0.142. The summed E-state index contributed by atoms with van der Waals surface area (Å²) in [7, 11) is 0. The molecule has 0 aromatic heterocycles. The van der Waals surface area contributed by atoms with E-state index in [0.717, 1.165) is 24.1 Å². The molecule has 1 aromatic rings. The van der Waals surface area contributed by atoms with Gasteiger partial charge in [-0.3, -0.25) is 4.90 Å². The lowest BCUT2D eigenvalue weighted by Gasteiger charge is -2.36. The molecule has 1 saturated heterocycles. The monoisotopic (exact) mass is 240 g/mol. The average molecular weight is 241 g/mol. The highest BCUT2D eigenvalue weighted by molar-refractivity contribution is 9.10. The van der Waals surface area contributed by atoms with Gasteiger partial charge in [0.1, 0.15) is 0 Å². The Kier molecular flexibility index (Phi) is 2.67. The number of hydrogen-bond donors (Lipinski definition) is 1. The van der Waals surface area contributed by atoms with Crippen molar-refractivity contribution >= 4 is 15.9 Å². The summed E-state index contributed by atoms with van der Waals surface area (Å²) in [5.41, 5.74) is 7.05. The SMILES string of the molecule is NC1CN(Cc2cccc(Br)c2)C1. The van der Waals surface area contributed by atoms with Crippen LogP contribution in [0.25, 0.3) is 0 Å². The maximum absolute atomic E-state index is 5.70. The summed E-state index contributed by atoms with van der Waals surface area (Å²) in [4.78, 5) is 2.35. The van der Waals surface area contributed by atoms with Crippen LogP contribution in [-0.2, 0) is 6.54 Å². The number of nitrogens with two attached hydrogens (primary N) is 1. The van der Waals surface area contributed by atoms with E-state index in [0.29, 0.717) is 6.04 Å². The van der Waals surface area contributed by atoms with E-state index in [9.17, 15) is 0 Å². The zero-order valence-corrected chi connectivity index (χ0v) is 9.00. The Bertz CT molecular complexity index is 295. The molecule has 0 atom stereocenters. The molecular weight excluding hydrogens is 228 g/mol. The Balaban J connectivity index is 1.94. The van der Waals surface area contributed by atoms with Crippen molar-refractivity contribution in [2.24, 2.45) is 5.73 Å². The van der Waals surface area contributed by atoms with Crippen molar-refractivity contribution < 1.29 is 0 Å². The van der Waals surface area contributed by atoms with E-state index in [4.69, 9.17) is 5.73 Å². The molecule has 0 aliphatic carbocycles. The third-order valence-corrected chi connectivity index (χ3v) is 2.77. The van der Waals surface area contributed by atoms with Crippen molar-refractivity contribution in [1.29, 1.82) is 0 Å². The number of benzene rings is 1. The third kappa shape index (κ3) is 2.30. The molecule has 2 rings (SSSR count). The number of hydrogen-bond acceptors (Lipinski definition) is 2. The van der Waals surface area contributed by atoms with Gasteiger partial charge in [-0.05, 0) is 17.7 Å². The van der Waals surface area contributed by atoms with Crippen molar-refractivity contribution in [3.05, 3.63) is 34.3 Å². The normalized spacial score (nSPS) is 18.6. The first-order chi connectivity index (χ1) is 6.24. The third-order valence-electron chi connectivity index (χ3n) is 2.28. The van der Waals surface area contributed by atoms with Gasteiger partial charge in [-0.15, -0.1) is 0 Å². The Labute approximate surface area is 86.9 Å². The molecule has 2 N–H and O–H groups in total. The predicted molar refractivity (Wildman–Crippen MR) is 57.4 cm³/mol. The van der Waals surface area contributed by atoms with Gasteiger partial charge < -0.3 is 5.73 Å². The van der Waals surface area contributed by atoms with Crippen LogP contribution in [0.5, 0.6) is 0 Å². The minimum atomic E-state index is 0.396. The topological polar surface area (TPSA) is 29.3 Å². The lowest BCUT2D eigenvalue weighted by Crippen LogP contribution is -2.54. The second-order valence-corrected chi connectivity index (χ2v) is 4.50. The molecule has 0 bridgehead atoms. The molecule has 70 valence electrons. The molecule has 2 nitrogen and oxygen atoms in total. The first-order valence-electron chi connectivity index (χ1n) is 4.46. The van der Waals surface area contributed by atoms with Gasteiger partial charge in [-0.25, -0.2) is 0 Å². The highest BCUT2D eigenvalue weighted by Gasteiger charge is 2.22. The van der Waals surface area contributed by atoms with E-state index < -0.39 is 0 Å². The van der Waals surface area contributed by atoms with Crippen LogP contribution in [0.4, 0.5) is 0 Å². The Morgan fingerprint density at radius 3 is 2.85 bits per heavy atom. The van der Waals surface area contributed by atoms with Crippen LogP contribution in [-0.4, -0.2) is 24.0 Å². The molecule has 13 heavy (non-hydrogen) atoms. The smallest absolute Gasteiger partial charge is 0.0297 e. The lowest BCUT2D eigenvalue weighted by atomic mass is 10.1. The first-order valence-corrected chi connectivity index (χ1v) is 5.26. The molecule has 0 unspecified atom stereocenters. The molecule has 0 spiro atoms. The number of likely N-dealkylation sites (tertiary alicyclic amines) is 1. The standard InChI is InChI=1S/C10H13BrN2/c11-9-3-1-2-8(4-9)5-13-6-10(12)7-13/h1-4,10H,5-7,12H2. The Morgan fingerprint density at radius 2 is 2.23 bits per heavy atom. The van der Waals surface area contributed by atoms with E-state index in [2.05, 4.69) is 39.0 Å².